The molecular formula is C23H25N3O4. The highest BCUT2D eigenvalue weighted by Gasteiger charge is 2.09. The normalized spacial score (nSPS) is 10.5. The van der Waals surface area contributed by atoms with Crippen molar-refractivity contribution in [2.45, 2.75) is 26.3 Å². The third-order valence-corrected chi connectivity index (χ3v) is 4.48. The number of Topliss-reactive ketones (excluding diaryl/α,β-unsaturated/α-hetero) is 1. The molecule has 1 heterocycles. The van der Waals surface area contributed by atoms with Gasteiger partial charge in [-0.1, -0.05) is 30.3 Å². The number of anilines is 1. The van der Waals surface area contributed by atoms with Gasteiger partial charge in [0.1, 0.15) is 0 Å². The average molecular weight is 407 g/mol. The second-order valence-corrected chi connectivity index (χ2v) is 6.83. The molecule has 3 rings (SSSR count). The van der Waals surface area contributed by atoms with E-state index < -0.39 is 0 Å². The SMILES string of the molecule is COc1cc(C(C)=O)ccc1OCCCC(=O)Nc1cnn(Cc2ccccc2)c1. The van der Waals surface area contributed by atoms with Crippen LogP contribution in [-0.4, -0.2) is 35.2 Å². The lowest BCUT2D eigenvalue weighted by molar-refractivity contribution is -0.116. The maximum absolute atomic E-state index is 12.2. The zero-order chi connectivity index (χ0) is 21.3. The van der Waals surface area contributed by atoms with Gasteiger partial charge in [0.05, 0.1) is 32.1 Å². The van der Waals surface area contributed by atoms with E-state index in [0.29, 0.717) is 48.7 Å². The zero-order valence-electron chi connectivity index (χ0n) is 17.1. The first kappa shape index (κ1) is 21.1. The highest BCUT2D eigenvalue weighted by atomic mass is 16.5. The van der Waals surface area contributed by atoms with Crippen molar-refractivity contribution in [2.24, 2.45) is 0 Å². The molecule has 0 saturated heterocycles. The summed E-state index contributed by atoms with van der Waals surface area (Å²) in [5.41, 5.74) is 2.37. The van der Waals surface area contributed by atoms with Gasteiger partial charge in [0, 0.05) is 18.2 Å². The van der Waals surface area contributed by atoms with Gasteiger partial charge in [0.15, 0.2) is 17.3 Å². The Hall–Kier alpha value is -3.61. The van der Waals surface area contributed by atoms with Gasteiger partial charge < -0.3 is 14.8 Å². The molecule has 7 heteroatoms. The number of benzene rings is 2. The lowest BCUT2D eigenvalue weighted by Crippen LogP contribution is -2.12. The van der Waals surface area contributed by atoms with Crippen LogP contribution in [0, 0.1) is 0 Å². The molecule has 156 valence electrons. The first-order valence-corrected chi connectivity index (χ1v) is 9.73. The van der Waals surface area contributed by atoms with E-state index in [1.54, 1.807) is 29.1 Å². The maximum Gasteiger partial charge on any atom is 0.224 e. The van der Waals surface area contributed by atoms with Crippen molar-refractivity contribution in [3.05, 3.63) is 72.1 Å². The monoisotopic (exact) mass is 407 g/mol. The summed E-state index contributed by atoms with van der Waals surface area (Å²) in [4.78, 5) is 23.6. The number of amides is 1. The Kier molecular flexibility index (Phi) is 7.21. The molecule has 0 saturated carbocycles. The van der Waals surface area contributed by atoms with E-state index in [1.807, 2.05) is 36.5 Å². The predicted molar refractivity (Wildman–Crippen MR) is 114 cm³/mol. The van der Waals surface area contributed by atoms with Crippen LogP contribution in [0.15, 0.2) is 60.9 Å². The lowest BCUT2D eigenvalue weighted by atomic mass is 10.1. The summed E-state index contributed by atoms with van der Waals surface area (Å²) < 4.78 is 12.8. The van der Waals surface area contributed by atoms with Crippen LogP contribution < -0.4 is 14.8 Å². The van der Waals surface area contributed by atoms with E-state index in [2.05, 4.69) is 10.4 Å². The zero-order valence-corrected chi connectivity index (χ0v) is 17.1. The van der Waals surface area contributed by atoms with Crippen molar-refractivity contribution in [1.82, 2.24) is 9.78 Å². The Balaban J connectivity index is 1.43. The number of hydrogen-bond acceptors (Lipinski definition) is 5. The summed E-state index contributed by atoms with van der Waals surface area (Å²) >= 11 is 0. The van der Waals surface area contributed by atoms with Crippen molar-refractivity contribution >= 4 is 17.4 Å². The average Bonchev–Trinajstić information content (AvgIpc) is 3.18. The number of ether oxygens (including phenoxy) is 2. The molecule has 0 unspecified atom stereocenters. The van der Waals surface area contributed by atoms with Crippen LogP contribution in [0.5, 0.6) is 11.5 Å². The predicted octanol–water partition coefficient (Wildman–Crippen LogP) is 3.94. The summed E-state index contributed by atoms with van der Waals surface area (Å²) in [5, 5.41) is 7.13. The Bertz CT molecular complexity index is 999. The van der Waals surface area contributed by atoms with Gasteiger partial charge in [0.2, 0.25) is 5.91 Å². The third-order valence-electron chi connectivity index (χ3n) is 4.48. The number of hydrogen-bond donors (Lipinski definition) is 1. The molecule has 1 amide bonds. The van der Waals surface area contributed by atoms with Crippen LogP contribution in [0.25, 0.3) is 0 Å². The second kappa shape index (κ2) is 10.2. The minimum absolute atomic E-state index is 0.0383. The van der Waals surface area contributed by atoms with Gasteiger partial charge in [-0.15, -0.1) is 0 Å². The second-order valence-electron chi connectivity index (χ2n) is 6.83. The number of rotatable bonds is 10. The smallest absolute Gasteiger partial charge is 0.224 e. The molecular weight excluding hydrogens is 382 g/mol. The van der Waals surface area contributed by atoms with Crippen molar-refractivity contribution < 1.29 is 19.1 Å². The Morgan fingerprint density at radius 3 is 2.63 bits per heavy atom. The molecule has 0 aliphatic heterocycles. The van der Waals surface area contributed by atoms with Crippen molar-refractivity contribution in [3.8, 4) is 11.5 Å². The topological polar surface area (TPSA) is 82.4 Å². The van der Waals surface area contributed by atoms with Gasteiger partial charge in [-0.3, -0.25) is 14.3 Å². The highest BCUT2D eigenvalue weighted by molar-refractivity contribution is 5.94. The van der Waals surface area contributed by atoms with E-state index in [1.165, 1.54) is 14.0 Å². The van der Waals surface area contributed by atoms with E-state index in [0.717, 1.165) is 5.56 Å². The standard InChI is InChI=1S/C23H25N3O4/c1-17(27)19-10-11-21(22(13-19)29-2)30-12-6-9-23(28)25-20-14-24-26(16-20)15-18-7-4-3-5-8-18/h3-5,7-8,10-11,13-14,16H,6,9,12,15H2,1-2H3,(H,25,28). The molecule has 7 nitrogen and oxygen atoms in total. The Labute approximate surface area is 175 Å². The van der Waals surface area contributed by atoms with Crippen LogP contribution in [-0.2, 0) is 11.3 Å². The number of ketones is 1. The largest absolute Gasteiger partial charge is 0.493 e. The fourth-order valence-electron chi connectivity index (χ4n) is 2.93. The molecule has 2 aromatic carbocycles. The summed E-state index contributed by atoms with van der Waals surface area (Å²) in [7, 11) is 1.53. The van der Waals surface area contributed by atoms with E-state index in [9.17, 15) is 9.59 Å². The molecule has 0 aliphatic rings. The number of methoxy groups -OCH3 is 1. The molecule has 1 aromatic heterocycles. The number of aromatic nitrogens is 2. The van der Waals surface area contributed by atoms with Gasteiger partial charge >= 0.3 is 0 Å². The van der Waals surface area contributed by atoms with Crippen molar-refractivity contribution in [2.75, 3.05) is 19.0 Å². The third kappa shape index (κ3) is 5.94. The summed E-state index contributed by atoms with van der Waals surface area (Å²) in [6, 6.07) is 15.0. The fraction of sp³-hybridized carbons (Fsp3) is 0.261. The molecule has 0 radical (unpaired) electrons. The van der Waals surface area contributed by atoms with E-state index >= 15 is 0 Å². The van der Waals surface area contributed by atoms with Crippen LogP contribution in [0.3, 0.4) is 0 Å². The maximum atomic E-state index is 12.2. The van der Waals surface area contributed by atoms with Gasteiger partial charge in [-0.05, 0) is 37.1 Å². The molecule has 30 heavy (non-hydrogen) atoms. The molecule has 0 bridgehead atoms. The summed E-state index contributed by atoms with van der Waals surface area (Å²) in [6.07, 6.45) is 4.31. The van der Waals surface area contributed by atoms with E-state index in [-0.39, 0.29) is 11.7 Å². The van der Waals surface area contributed by atoms with Crippen molar-refractivity contribution in [3.63, 3.8) is 0 Å². The summed E-state index contributed by atoms with van der Waals surface area (Å²) in [5.74, 6) is 0.906. The van der Waals surface area contributed by atoms with Gasteiger partial charge in [0.25, 0.3) is 0 Å². The van der Waals surface area contributed by atoms with Gasteiger partial charge in [-0.25, -0.2) is 0 Å². The van der Waals surface area contributed by atoms with Crippen LogP contribution in [0.2, 0.25) is 0 Å². The number of nitrogens with one attached hydrogen (secondary N) is 1. The van der Waals surface area contributed by atoms with Crippen LogP contribution in [0.4, 0.5) is 5.69 Å². The van der Waals surface area contributed by atoms with Crippen LogP contribution in [0.1, 0.15) is 35.7 Å². The van der Waals surface area contributed by atoms with Crippen LogP contribution >= 0.6 is 0 Å². The molecule has 0 spiro atoms. The molecule has 1 N–H and O–H groups in total. The summed E-state index contributed by atoms with van der Waals surface area (Å²) in [6.45, 7) is 2.50. The Morgan fingerprint density at radius 1 is 1.10 bits per heavy atom. The van der Waals surface area contributed by atoms with Gasteiger partial charge in [-0.2, -0.15) is 5.10 Å². The number of carbonyl (C=O) groups is 2. The highest BCUT2D eigenvalue weighted by Crippen LogP contribution is 2.28. The quantitative estimate of drug-likeness (QED) is 0.407. The molecule has 0 atom stereocenters. The Morgan fingerprint density at radius 2 is 1.90 bits per heavy atom. The van der Waals surface area contributed by atoms with E-state index in [4.69, 9.17) is 9.47 Å². The molecule has 0 fully saturated rings. The number of nitrogens with zero attached hydrogens (tertiary/aromatic N) is 2. The van der Waals surface area contributed by atoms with Crippen molar-refractivity contribution in [1.29, 1.82) is 0 Å². The fourth-order valence-corrected chi connectivity index (χ4v) is 2.93. The molecule has 3 aromatic rings. The minimum atomic E-state index is -0.100. The molecule has 0 aliphatic carbocycles. The first-order valence-electron chi connectivity index (χ1n) is 9.73. The number of carbonyl (C=O) groups excluding carboxylic acids is 2. The minimum Gasteiger partial charge on any atom is -0.493 e. The first-order chi connectivity index (χ1) is 14.5. The lowest BCUT2D eigenvalue weighted by Gasteiger charge is -2.11.